The number of thioether (sulfide) groups is 1. The molecule has 0 saturated heterocycles. The average Bonchev–Trinajstić information content (AvgIpc) is 2.89. The minimum atomic E-state index is -0.964. The van der Waals surface area contributed by atoms with Crippen molar-refractivity contribution >= 4 is 17.7 Å². The maximum Gasteiger partial charge on any atom is 0.348 e. The summed E-state index contributed by atoms with van der Waals surface area (Å²) in [6.07, 6.45) is 2.37. The van der Waals surface area contributed by atoms with Crippen molar-refractivity contribution in [3.63, 3.8) is 0 Å². The first-order valence-corrected chi connectivity index (χ1v) is 6.56. The van der Waals surface area contributed by atoms with E-state index in [2.05, 4.69) is 15.3 Å². The van der Waals surface area contributed by atoms with E-state index in [4.69, 9.17) is 5.11 Å². The predicted octanol–water partition coefficient (Wildman–Crippen LogP) is 0.0332. The lowest BCUT2D eigenvalue weighted by atomic mass is 10.3. The Morgan fingerprint density at radius 1 is 1.58 bits per heavy atom. The summed E-state index contributed by atoms with van der Waals surface area (Å²) in [4.78, 5) is 22.4. The summed E-state index contributed by atoms with van der Waals surface area (Å²) in [7, 11) is 1.76. The van der Waals surface area contributed by atoms with Gasteiger partial charge in [0.1, 0.15) is 0 Å². The molecule has 8 nitrogen and oxygen atoms in total. The van der Waals surface area contributed by atoms with Crippen LogP contribution in [0.4, 0.5) is 0 Å². The van der Waals surface area contributed by atoms with Crippen molar-refractivity contribution in [3.8, 4) is 5.69 Å². The second kappa shape index (κ2) is 5.31. The Bertz CT molecular complexity index is 656. The number of aromatic nitrogens is 5. The zero-order valence-corrected chi connectivity index (χ0v) is 11.3. The Hall–Kier alpha value is -2.03. The first-order chi connectivity index (χ1) is 9.02. The van der Waals surface area contributed by atoms with Crippen molar-refractivity contribution in [2.75, 3.05) is 5.75 Å². The monoisotopic (exact) mass is 283 g/mol. The molecule has 0 bridgehead atoms. The molecule has 2 heterocycles. The van der Waals surface area contributed by atoms with Crippen molar-refractivity contribution in [2.45, 2.75) is 18.5 Å². The van der Waals surface area contributed by atoms with Gasteiger partial charge in [-0.2, -0.15) is 5.10 Å². The molecule has 102 valence electrons. The zero-order chi connectivity index (χ0) is 14.0. The third-order valence-corrected chi connectivity index (χ3v) is 3.35. The van der Waals surface area contributed by atoms with Crippen LogP contribution in [0.1, 0.15) is 12.6 Å². The number of hydrogen-bond acceptors (Lipinski definition) is 5. The van der Waals surface area contributed by atoms with Gasteiger partial charge in [0.25, 0.3) is 0 Å². The topological polar surface area (TPSA) is 106 Å². The fourth-order valence-corrected chi connectivity index (χ4v) is 2.35. The number of hydrogen-bond donors (Lipinski definition) is 2. The standard InChI is InChI=1S/C10H13N5O3S/c1-3-6-7(4-14(2)13-6)15-9(18)11-12-10(15)19-5-8(16)17/h4H,3,5H2,1-2H3,(H,11,18)(H,16,17). The smallest absolute Gasteiger partial charge is 0.348 e. The van der Waals surface area contributed by atoms with Gasteiger partial charge >= 0.3 is 11.7 Å². The van der Waals surface area contributed by atoms with Gasteiger partial charge in [-0.1, -0.05) is 18.7 Å². The van der Waals surface area contributed by atoms with Crippen molar-refractivity contribution in [1.29, 1.82) is 0 Å². The van der Waals surface area contributed by atoms with Crippen LogP contribution in [0.5, 0.6) is 0 Å². The van der Waals surface area contributed by atoms with E-state index in [9.17, 15) is 9.59 Å². The minimum Gasteiger partial charge on any atom is -0.481 e. The first-order valence-electron chi connectivity index (χ1n) is 5.57. The maximum atomic E-state index is 11.8. The summed E-state index contributed by atoms with van der Waals surface area (Å²) in [5.74, 6) is -1.12. The Kier molecular flexibility index (Phi) is 3.74. The number of aryl methyl sites for hydroxylation is 2. The number of carboxylic acids is 1. The van der Waals surface area contributed by atoms with Gasteiger partial charge in [0.05, 0.1) is 17.1 Å². The van der Waals surface area contributed by atoms with E-state index in [1.165, 1.54) is 4.57 Å². The molecule has 0 aromatic carbocycles. The van der Waals surface area contributed by atoms with E-state index in [0.717, 1.165) is 17.5 Å². The number of carbonyl (C=O) groups is 1. The highest BCUT2D eigenvalue weighted by atomic mass is 32.2. The van der Waals surface area contributed by atoms with Crippen LogP contribution in [0, 0.1) is 0 Å². The summed E-state index contributed by atoms with van der Waals surface area (Å²) in [6.45, 7) is 1.93. The summed E-state index contributed by atoms with van der Waals surface area (Å²) in [5.41, 5.74) is 0.968. The molecule has 2 rings (SSSR count). The molecule has 0 aliphatic rings. The minimum absolute atomic E-state index is 0.161. The third-order valence-electron chi connectivity index (χ3n) is 2.43. The highest BCUT2D eigenvalue weighted by molar-refractivity contribution is 7.99. The van der Waals surface area contributed by atoms with E-state index >= 15 is 0 Å². The van der Waals surface area contributed by atoms with Crippen molar-refractivity contribution in [3.05, 3.63) is 22.4 Å². The lowest BCUT2D eigenvalue weighted by Gasteiger charge is -2.03. The van der Waals surface area contributed by atoms with Crippen LogP contribution >= 0.6 is 11.8 Å². The highest BCUT2D eigenvalue weighted by Crippen LogP contribution is 2.19. The summed E-state index contributed by atoms with van der Waals surface area (Å²) in [6, 6.07) is 0. The molecule has 0 aliphatic heterocycles. The molecule has 0 atom stereocenters. The van der Waals surface area contributed by atoms with Gasteiger partial charge in [0.15, 0.2) is 5.16 Å². The van der Waals surface area contributed by atoms with Gasteiger partial charge in [0, 0.05) is 13.2 Å². The van der Waals surface area contributed by atoms with Crippen LogP contribution < -0.4 is 5.69 Å². The molecule has 0 fully saturated rings. The van der Waals surface area contributed by atoms with Gasteiger partial charge in [-0.05, 0) is 6.42 Å². The Morgan fingerprint density at radius 2 is 2.32 bits per heavy atom. The van der Waals surface area contributed by atoms with Gasteiger partial charge in [-0.25, -0.2) is 14.5 Å². The number of aliphatic carboxylic acids is 1. The van der Waals surface area contributed by atoms with Crippen molar-refractivity contribution in [2.24, 2.45) is 7.05 Å². The maximum absolute atomic E-state index is 11.8. The number of nitrogens with one attached hydrogen (secondary N) is 1. The molecular weight excluding hydrogens is 270 g/mol. The van der Waals surface area contributed by atoms with Crippen molar-refractivity contribution < 1.29 is 9.90 Å². The fourth-order valence-electron chi connectivity index (χ4n) is 1.68. The van der Waals surface area contributed by atoms with Gasteiger partial charge < -0.3 is 5.11 Å². The van der Waals surface area contributed by atoms with E-state index in [1.54, 1.807) is 17.9 Å². The Labute approximate surface area is 112 Å². The molecular formula is C10H13N5O3S. The molecule has 9 heteroatoms. The summed E-state index contributed by atoms with van der Waals surface area (Å²) < 4.78 is 2.96. The van der Waals surface area contributed by atoms with Gasteiger partial charge in [-0.15, -0.1) is 5.10 Å². The highest BCUT2D eigenvalue weighted by Gasteiger charge is 2.17. The van der Waals surface area contributed by atoms with Crippen LogP contribution in [0.2, 0.25) is 0 Å². The van der Waals surface area contributed by atoms with E-state index < -0.39 is 11.7 Å². The largest absolute Gasteiger partial charge is 0.481 e. The molecule has 0 amide bonds. The SMILES string of the molecule is CCc1nn(C)cc1-n1c(SCC(=O)O)n[nH]c1=O. The lowest BCUT2D eigenvalue weighted by Crippen LogP contribution is -2.16. The molecule has 2 N–H and O–H groups in total. The second-order valence-corrected chi connectivity index (χ2v) is 4.76. The lowest BCUT2D eigenvalue weighted by molar-refractivity contribution is -0.133. The Morgan fingerprint density at radius 3 is 2.95 bits per heavy atom. The van der Waals surface area contributed by atoms with E-state index in [-0.39, 0.29) is 5.75 Å². The molecule has 2 aromatic heterocycles. The summed E-state index contributed by atoms with van der Waals surface area (Å²) >= 11 is 0.983. The molecule has 0 unspecified atom stereocenters. The third kappa shape index (κ3) is 2.70. The summed E-state index contributed by atoms with van der Waals surface area (Å²) in [5, 5.41) is 19.4. The van der Waals surface area contributed by atoms with E-state index in [0.29, 0.717) is 17.3 Å². The zero-order valence-electron chi connectivity index (χ0n) is 10.5. The van der Waals surface area contributed by atoms with E-state index in [1.807, 2.05) is 6.92 Å². The molecule has 0 aliphatic carbocycles. The quantitative estimate of drug-likeness (QED) is 0.750. The molecule has 19 heavy (non-hydrogen) atoms. The number of carboxylic acid groups (broad SMARTS) is 1. The van der Waals surface area contributed by atoms with Crippen LogP contribution in [0.3, 0.4) is 0 Å². The number of rotatable bonds is 5. The van der Waals surface area contributed by atoms with Crippen LogP contribution in [-0.2, 0) is 18.3 Å². The number of H-pyrrole nitrogens is 1. The van der Waals surface area contributed by atoms with Crippen LogP contribution in [0.25, 0.3) is 5.69 Å². The van der Waals surface area contributed by atoms with Crippen LogP contribution in [0.15, 0.2) is 16.1 Å². The van der Waals surface area contributed by atoms with Crippen molar-refractivity contribution in [1.82, 2.24) is 24.5 Å². The predicted molar refractivity (Wildman–Crippen MR) is 68.7 cm³/mol. The van der Waals surface area contributed by atoms with Gasteiger partial charge in [-0.3, -0.25) is 9.48 Å². The number of aromatic amines is 1. The normalized spacial score (nSPS) is 10.8. The Balaban J connectivity index is 2.46. The molecule has 0 saturated carbocycles. The molecule has 2 aromatic rings. The van der Waals surface area contributed by atoms with Crippen LogP contribution in [-0.4, -0.2) is 41.4 Å². The second-order valence-electron chi connectivity index (χ2n) is 3.82. The number of nitrogens with zero attached hydrogens (tertiary/aromatic N) is 4. The fraction of sp³-hybridized carbons (Fsp3) is 0.400. The van der Waals surface area contributed by atoms with Gasteiger partial charge in [0.2, 0.25) is 0 Å². The molecule has 0 radical (unpaired) electrons. The molecule has 0 spiro atoms. The average molecular weight is 283 g/mol. The first kappa shape index (κ1) is 13.4.